The Morgan fingerprint density at radius 1 is 1.67 bits per heavy atom. The highest BCUT2D eigenvalue weighted by Gasteiger charge is 2.26. The molecule has 0 bridgehead atoms. The maximum absolute atomic E-state index is 5.54. The summed E-state index contributed by atoms with van der Waals surface area (Å²) in [6.45, 7) is 4.39. The molecule has 2 atom stereocenters. The molecule has 0 aromatic rings. The Balaban J connectivity index is 2.36. The summed E-state index contributed by atoms with van der Waals surface area (Å²) < 4.78 is 0. The van der Waals surface area contributed by atoms with E-state index in [0.717, 1.165) is 12.8 Å². The number of nitrogens with two attached hydrogens (primary N) is 1. The van der Waals surface area contributed by atoms with Gasteiger partial charge in [0.1, 0.15) is 11.9 Å². The first-order chi connectivity index (χ1) is 5.77. The van der Waals surface area contributed by atoms with Gasteiger partial charge in [0.15, 0.2) is 0 Å². The normalized spacial score (nSPS) is 24.8. The second-order valence-corrected chi connectivity index (χ2v) is 3.39. The van der Waals surface area contributed by atoms with E-state index in [4.69, 9.17) is 10.6 Å². The van der Waals surface area contributed by atoms with Gasteiger partial charge in [0, 0.05) is 6.42 Å². The molecule has 2 unspecified atom stereocenters. The van der Waals surface area contributed by atoms with Gasteiger partial charge in [-0.05, 0) is 18.8 Å². The van der Waals surface area contributed by atoms with Crippen LogP contribution in [0, 0.1) is 5.92 Å². The van der Waals surface area contributed by atoms with Crippen molar-refractivity contribution in [2.24, 2.45) is 16.8 Å². The van der Waals surface area contributed by atoms with E-state index in [-0.39, 0.29) is 6.10 Å². The standard InChI is InChI=1S/C9H18N2O/c1-3-5-7(4-2)8-6-9(10)11-12-8/h7-8H,3-6H2,1-2H3,(H2,10,11). The quantitative estimate of drug-likeness (QED) is 0.700. The van der Waals surface area contributed by atoms with Crippen molar-refractivity contribution in [3.05, 3.63) is 0 Å². The number of nitrogens with zero attached hydrogens (tertiary/aromatic N) is 1. The van der Waals surface area contributed by atoms with Gasteiger partial charge in [-0.1, -0.05) is 25.4 Å². The molecule has 0 radical (unpaired) electrons. The molecule has 0 saturated carbocycles. The van der Waals surface area contributed by atoms with Gasteiger partial charge in [0.2, 0.25) is 0 Å². The van der Waals surface area contributed by atoms with Crippen molar-refractivity contribution in [3.63, 3.8) is 0 Å². The fourth-order valence-electron chi connectivity index (χ4n) is 1.69. The Hall–Kier alpha value is -0.730. The number of hydrogen-bond acceptors (Lipinski definition) is 3. The predicted octanol–water partition coefficient (Wildman–Crippen LogP) is 1.87. The van der Waals surface area contributed by atoms with Crippen LogP contribution in [0.3, 0.4) is 0 Å². The SMILES string of the molecule is CCCC(CC)C1CC(N)=NO1. The van der Waals surface area contributed by atoms with Crippen molar-refractivity contribution in [2.75, 3.05) is 0 Å². The van der Waals surface area contributed by atoms with Crippen LogP contribution in [0.5, 0.6) is 0 Å². The van der Waals surface area contributed by atoms with Crippen LogP contribution < -0.4 is 5.73 Å². The van der Waals surface area contributed by atoms with Gasteiger partial charge in [-0.25, -0.2) is 0 Å². The lowest BCUT2D eigenvalue weighted by Crippen LogP contribution is -2.22. The maximum Gasteiger partial charge on any atom is 0.143 e. The molecule has 0 saturated heterocycles. The number of amidine groups is 1. The van der Waals surface area contributed by atoms with Crippen molar-refractivity contribution in [3.8, 4) is 0 Å². The highest BCUT2D eigenvalue weighted by molar-refractivity contribution is 5.81. The highest BCUT2D eigenvalue weighted by Crippen LogP contribution is 2.24. The van der Waals surface area contributed by atoms with E-state index in [9.17, 15) is 0 Å². The third kappa shape index (κ3) is 2.13. The summed E-state index contributed by atoms with van der Waals surface area (Å²) >= 11 is 0. The molecule has 70 valence electrons. The van der Waals surface area contributed by atoms with E-state index >= 15 is 0 Å². The van der Waals surface area contributed by atoms with Crippen LogP contribution in [-0.4, -0.2) is 11.9 Å². The zero-order valence-electron chi connectivity index (χ0n) is 7.92. The summed E-state index contributed by atoms with van der Waals surface area (Å²) in [5.74, 6) is 1.27. The monoisotopic (exact) mass is 170 g/mol. The molecule has 0 fully saturated rings. The zero-order chi connectivity index (χ0) is 8.97. The van der Waals surface area contributed by atoms with E-state index in [2.05, 4.69) is 19.0 Å². The molecular formula is C9H18N2O. The third-order valence-corrected chi connectivity index (χ3v) is 2.43. The van der Waals surface area contributed by atoms with Gasteiger partial charge in [-0.15, -0.1) is 0 Å². The average Bonchev–Trinajstić information content (AvgIpc) is 2.47. The van der Waals surface area contributed by atoms with E-state index < -0.39 is 0 Å². The number of rotatable bonds is 4. The molecule has 1 aliphatic rings. The summed E-state index contributed by atoms with van der Waals surface area (Å²) in [4.78, 5) is 5.23. The van der Waals surface area contributed by atoms with Crippen LogP contribution in [0.4, 0.5) is 0 Å². The molecule has 0 spiro atoms. The lowest BCUT2D eigenvalue weighted by Gasteiger charge is -2.18. The largest absolute Gasteiger partial charge is 0.390 e. The second kappa shape index (κ2) is 4.33. The Labute approximate surface area is 74.0 Å². The van der Waals surface area contributed by atoms with Crippen molar-refractivity contribution in [2.45, 2.75) is 45.6 Å². The topological polar surface area (TPSA) is 47.6 Å². The Morgan fingerprint density at radius 3 is 2.83 bits per heavy atom. The van der Waals surface area contributed by atoms with Gasteiger partial charge in [-0.2, -0.15) is 0 Å². The molecule has 1 heterocycles. The van der Waals surface area contributed by atoms with E-state index in [0.29, 0.717) is 11.8 Å². The first kappa shape index (κ1) is 9.36. The molecule has 0 aliphatic carbocycles. The summed E-state index contributed by atoms with van der Waals surface area (Å²) in [7, 11) is 0. The van der Waals surface area contributed by atoms with E-state index in [1.165, 1.54) is 12.8 Å². The smallest absolute Gasteiger partial charge is 0.143 e. The van der Waals surface area contributed by atoms with Gasteiger partial charge in [0.25, 0.3) is 0 Å². The number of oxime groups is 1. The minimum Gasteiger partial charge on any atom is -0.390 e. The molecule has 1 aliphatic heterocycles. The molecule has 3 nitrogen and oxygen atoms in total. The van der Waals surface area contributed by atoms with Crippen molar-refractivity contribution in [1.82, 2.24) is 0 Å². The number of hydrogen-bond donors (Lipinski definition) is 1. The van der Waals surface area contributed by atoms with Crippen molar-refractivity contribution < 1.29 is 4.84 Å². The molecular weight excluding hydrogens is 152 g/mol. The highest BCUT2D eigenvalue weighted by atomic mass is 16.6. The third-order valence-electron chi connectivity index (χ3n) is 2.43. The van der Waals surface area contributed by atoms with Crippen LogP contribution in [-0.2, 0) is 4.84 Å². The molecule has 1 rings (SSSR count). The summed E-state index contributed by atoms with van der Waals surface area (Å²) in [5, 5.41) is 3.76. The van der Waals surface area contributed by atoms with E-state index in [1.54, 1.807) is 0 Å². The molecule has 0 amide bonds. The average molecular weight is 170 g/mol. The van der Waals surface area contributed by atoms with Gasteiger partial charge in [0.05, 0.1) is 0 Å². The summed E-state index contributed by atoms with van der Waals surface area (Å²) in [5.41, 5.74) is 5.54. The minimum atomic E-state index is 0.245. The molecule has 12 heavy (non-hydrogen) atoms. The van der Waals surface area contributed by atoms with Crippen LogP contribution in [0.1, 0.15) is 39.5 Å². The predicted molar refractivity (Wildman–Crippen MR) is 49.8 cm³/mol. The summed E-state index contributed by atoms with van der Waals surface area (Å²) in [6.07, 6.45) is 4.64. The van der Waals surface area contributed by atoms with Crippen molar-refractivity contribution in [1.29, 1.82) is 0 Å². The lowest BCUT2D eigenvalue weighted by atomic mass is 9.92. The van der Waals surface area contributed by atoms with Crippen LogP contribution in [0.15, 0.2) is 5.16 Å². The zero-order valence-corrected chi connectivity index (χ0v) is 7.92. The van der Waals surface area contributed by atoms with Crippen LogP contribution in [0.2, 0.25) is 0 Å². The molecule has 3 heteroatoms. The summed E-state index contributed by atoms with van der Waals surface area (Å²) in [6, 6.07) is 0. The van der Waals surface area contributed by atoms with E-state index in [1.807, 2.05) is 0 Å². The Kier molecular flexibility index (Phi) is 3.38. The van der Waals surface area contributed by atoms with Gasteiger partial charge >= 0.3 is 0 Å². The minimum absolute atomic E-state index is 0.245. The molecule has 2 N–H and O–H groups in total. The van der Waals surface area contributed by atoms with Crippen molar-refractivity contribution >= 4 is 5.84 Å². The maximum atomic E-state index is 5.54. The van der Waals surface area contributed by atoms with Gasteiger partial charge < -0.3 is 10.6 Å². The first-order valence-corrected chi connectivity index (χ1v) is 4.76. The fraction of sp³-hybridized carbons (Fsp3) is 0.889. The second-order valence-electron chi connectivity index (χ2n) is 3.39. The molecule has 0 aromatic heterocycles. The van der Waals surface area contributed by atoms with Crippen LogP contribution >= 0.6 is 0 Å². The van der Waals surface area contributed by atoms with Gasteiger partial charge in [-0.3, -0.25) is 0 Å². The molecule has 0 aromatic carbocycles. The first-order valence-electron chi connectivity index (χ1n) is 4.76. The fourth-order valence-corrected chi connectivity index (χ4v) is 1.69. The van der Waals surface area contributed by atoms with Crippen LogP contribution in [0.25, 0.3) is 0 Å². The lowest BCUT2D eigenvalue weighted by molar-refractivity contribution is 0.0355. The Morgan fingerprint density at radius 2 is 2.42 bits per heavy atom. The Bertz CT molecular complexity index is 168.